The van der Waals surface area contributed by atoms with Crippen LogP contribution in [0.3, 0.4) is 0 Å². The third kappa shape index (κ3) is 4.16. The van der Waals surface area contributed by atoms with Crippen LogP contribution in [0.2, 0.25) is 0 Å². The fraction of sp³-hybridized carbons (Fsp3) is 0.625. The molecule has 0 amide bonds. The molecule has 0 unspecified atom stereocenters. The number of rotatable bonds is 7. The number of aromatic amines is 1. The van der Waals surface area contributed by atoms with E-state index in [0.717, 1.165) is 32.1 Å². The summed E-state index contributed by atoms with van der Waals surface area (Å²) in [5.41, 5.74) is 0.472. The molecule has 0 radical (unpaired) electrons. The molecular weight excluding hydrogens is 328 g/mol. The zero-order chi connectivity index (χ0) is 17.6. The van der Waals surface area contributed by atoms with Gasteiger partial charge in [0.1, 0.15) is 12.8 Å². The summed E-state index contributed by atoms with van der Waals surface area (Å²) in [6, 6.07) is 0. The maximum Gasteiger partial charge on any atom is 0.508 e. The Morgan fingerprint density at radius 1 is 1.36 bits per heavy atom. The number of aromatic nitrogens is 4. The van der Waals surface area contributed by atoms with Gasteiger partial charge in [-0.2, -0.15) is 0 Å². The third-order valence-corrected chi connectivity index (χ3v) is 4.12. The maximum atomic E-state index is 11.7. The van der Waals surface area contributed by atoms with Crippen molar-refractivity contribution in [3.05, 3.63) is 23.0 Å². The molecule has 2 atom stereocenters. The summed E-state index contributed by atoms with van der Waals surface area (Å²) in [5.74, 6) is 0. The Morgan fingerprint density at radius 2 is 2.24 bits per heavy atom. The molecule has 3 heterocycles. The Bertz CT molecular complexity index is 771. The van der Waals surface area contributed by atoms with Crippen LogP contribution in [0.4, 0.5) is 4.79 Å². The SMILES string of the molecule is CCCCCOC(=O)OC[C@@H]1CC[C@H](n2cnc3c(=O)[nH]cnc32)O1. The second-order valence-corrected chi connectivity index (χ2v) is 5.96. The molecule has 1 aliphatic rings. The van der Waals surface area contributed by atoms with Crippen LogP contribution >= 0.6 is 0 Å². The summed E-state index contributed by atoms with van der Waals surface area (Å²) in [5, 5.41) is 0. The van der Waals surface area contributed by atoms with Gasteiger partial charge < -0.3 is 19.2 Å². The van der Waals surface area contributed by atoms with E-state index >= 15 is 0 Å². The first-order valence-electron chi connectivity index (χ1n) is 8.54. The van der Waals surface area contributed by atoms with Crippen LogP contribution in [0.5, 0.6) is 0 Å². The van der Waals surface area contributed by atoms with Gasteiger partial charge in [-0.15, -0.1) is 0 Å². The first-order valence-corrected chi connectivity index (χ1v) is 8.54. The summed E-state index contributed by atoms with van der Waals surface area (Å²) in [6.45, 7) is 2.60. The number of nitrogens with one attached hydrogen (secondary N) is 1. The summed E-state index contributed by atoms with van der Waals surface area (Å²) in [4.78, 5) is 33.9. The predicted octanol–water partition coefficient (Wildman–Crippen LogP) is 2.14. The Hall–Kier alpha value is -2.42. The van der Waals surface area contributed by atoms with Crippen molar-refractivity contribution in [1.29, 1.82) is 0 Å². The maximum absolute atomic E-state index is 11.7. The Balaban J connectivity index is 1.49. The molecule has 1 aliphatic heterocycles. The number of fused-ring (bicyclic) bond motifs is 1. The highest BCUT2D eigenvalue weighted by molar-refractivity contribution is 5.68. The van der Waals surface area contributed by atoms with Crippen molar-refractivity contribution in [1.82, 2.24) is 19.5 Å². The van der Waals surface area contributed by atoms with Gasteiger partial charge in [0.2, 0.25) is 0 Å². The monoisotopic (exact) mass is 350 g/mol. The molecule has 0 aromatic carbocycles. The smallest absolute Gasteiger partial charge is 0.434 e. The second kappa shape index (κ2) is 8.11. The minimum Gasteiger partial charge on any atom is -0.434 e. The largest absolute Gasteiger partial charge is 0.508 e. The quantitative estimate of drug-likeness (QED) is 0.602. The van der Waals surface area contributed by atoms with E-state index in [4.69, 9.17) is 14.2 Å². The van der Waals surface area contributed by atoms with Crippen molar-refractivity contribution in [2.24, 2.45) is 0 Å². The van der Waals surface area contributed by atoms with E-state index < -0.39 is 6.16 Å². The van der Waals surface area contributed by atoms with Gasteiger partial charge in [0, 0.05) is 0 Å². The number of ether oxygens (including phenoxy) is 3. The molecule has 2 aromatic rings. The van der Waals surface area contributed by atoms with E-state index in [1.165, 1.54) is 6.33 Å². The van der Waals surface area contributed by atoms with Gasteiger partial charge in [0.15, 0.2) is 11.2 Å². The summed E-state index contributed by atoms with van der Waals surface area (Å²) in [7, 11) is 0. The molecule has 2 aromatic heterocycles. The zero-order valence-electron chi connectivity index (χ0n) is 14.1. The van der Waals surface area contributed by atoms with Crippen LogP contribution in [0.15, 0.2) is 17.4 Å². The minimum absolute atomic E-state index is 0.143. The molecule has 9 heteroatoms. The van der Waals surface area contributed by atoms with Gasteiger partial charge in [0.25, 0.3) is 5.56 Å². The molecule has 0 saturated carbocycles. The van der Waals surface area contributed by atoms with Crippen LogP contribution in [-0.4, -0.2) is 45.0 Å². The normalized spacial score (nSPS) is 20.0. The molecule has 1 N–H and O–H groups in total. The molecule has 1 saturated heterocycles. The highest BCUT2D eigenvalue weighted by atomic mass is 16.7. The minimum atomic E-state index is -0.663. The lowest BCUT2D eigenvalue weighted by atomic mass is 10.2. The standard InChI is InChI=1S/C16H22N4O5/c1-2-3-4-7-23-16(22)24-8-11-5-6-12(25-11)20-10-19-13-14(20)17-9-18-15(13)21/h9-12H,2-8H2,1H3,(H,17,18,21)/t11-,12+/m0/s1. The van der Waals surface area contributed by atoms with E-state index in [2.05, 4.69) is 21.9 Å². The van der Waals surface area contributed by atoms with E-state index in [9.17, 15) is 9.59 Å². The van der Waals surface area contributed by atoms with Crippen molar-refractivity contribution in [2.45, 2.75) is 51.4 Å². The molecule has 25 heavy (non-hydrogen) atoms. The van der Waals surface area contributed by atoms with Gasteiger partial charge in [-0.1, -0.05) is 19.8 Å². The summed E-state index contributed by atoms with van der Waals surface area (Å²) < 4.78 is 17.7. The number of H-pyrrole nitrogens is 1. The van der Waals surface area contributed by atoms with Crippen molar-refractivity contribution in [2.75, 3.05) is 13.2 Å². The van der Waals surface area contributed by atoms with E-state index in [1.54, 1.807) is 10.9 Å². The average Bonchev–Trinajstić information content (AvgIpc) is 3.24. The molecule has 1 fully saturated rings. The molecule has 3 rings (SSSR count). The van der Waals surface area contributed by atoms with Gasteiger partial charge in [-0.05, 0) is 19.3 Å². The molecule has 0 aliphatic carbocycles. The Morgan fingerprint density at radius 3 is 3.08 bits per heavy atom. The Labute approximate surface area is 144 Å². The topological polar surface area (TPSA) is 108 Å². The summed E-state index contributed by atoms with van der Waals surface area (Å²) in [6.07, 6.45) is 6.11. The summed E-state index contributed by atoms with van der Waals surface area (Å²) >= 11 is 0. The lowest BCUT2D eigenvalue weighted by molar-refractivity contribution is -0.0372. The van der Waals surface area contributed by atoms with Crippen molar-refractivity contribution in [3.8, 4) is 0 Å². The molecule has 136 valence electrons. The zero-order valence-corrected chi connectivity index (χ0v) is 14.1. The van der Waals surface area contributed by atoms with E-state index in [0.29, 0.717) is 12.3 Å². The molecule has 9 nitrogen and oxygen atoms in total. The predicted molar refractivity (Wildman–Crippen MR) is 88.1 cm³/mol. The van der Waals surface area contributed by atoms with Crippen LogP contribution in [0.1, 0.15) is 45.3 Å². The fourth-order valence-electron chi connectivity index (χ4n) is 2.80. The van der Waals surface area contributed by atoms with Gasteiger partial charge >= 0.3 is 6.16 Å². The number of nitrogens with zero attached hydrogens (tertiary/aromatic N) is 3. The number of carbonyl (C=O) groups is 1. The Kier molecular flexibility index (Phi) is 5.64. The van der Waals surface area contributed by atoms with Gasteiger partial charge in [-0.25, -0.2) is 14.8 Å². The highest BCUT2D eigenvalue weighted by Gasteiger charge is 2.29. The first kappa shape index (κ1) is 17.4. The molecule has 0 spiro atoms. The van der Waals surface area contributed by atoms with Crippen LogP contribution < -0.4 is 5.56 Å². The number of hydrogen-bond donors (Lipinski definition) is 1. The number of hydrogen-bond acceptors (Lipinski definition) is 7. The van der Waals surface area contributed by atoms with Crippen LogP contribution in [0, 0.1) is 0 Å². The number of imidazole rings is 1. The van der Waals surface area contributed by atoms with Gasteiger partial charge in [-0.3, -0.25) is 9.36 Å². The van der Waals surface area contributed by atoms with Crippen molar-refractivity contribution < 1.29 is 19.0 Å². The third-order valence-electron chi connectivity index (χ3n) is 4.12. The van der Waals surface area contributed by atoms with Crippen LogP contribution in [-0.2, 0) is 14.2 Å². The van der Waals surface area contributed by atoms with Crippen LogP contribution in [0.25, 0.3) is 11.2 Å². The van der Waals surface area contributed by atoms with Crippen molar-refractivity contribution >= 4 is 17.3 Å². The van der Waals surface area contributed by atoms with E-state index in [-0.39, 0.29) is 30.0 Å². The number of carbonyl (C=O) groups excluding carboxylic acids is 1. The van der Waals surface area contributed by atoms with Gasteiger partial charge in [0.05, 0.1) is 25.4 Å². The molecule has 0 bridgehead atoms. The lowest BCUT2D eigenvalue weighted by Crippen LogP contribution is -2.20. The lowest BCUT2D eigenvalue weighted by Gasteiger charge is -2.15. The fourth-order valence-corrected chi connectivity index (χ4v) is 2.80. The highest BCUT2D eigenvalue weighted by Crippen LogP contribution is 2.29. The first-order chi connectivity index (χ1) is 12.2. The molecular formula is C16H22N4O5. The van der Waals surface area contributed by atoms with Crippen molar-refractivity contribution in [3.63, 3.8) is 0 Å². The van der Waals surface area contributed by atoms with E-state index in [1.807, 2.05) is 0 Å². The number of unbranched alkanes of at least 4 members (excludes halogenated alkanes) is 2. The average molecular weight is 350 g/mol. The second-order valence-electron chi connectivity index (χ2n) is 5.96.